The fourth-order valence-corrected chi connectivity index (χ4v) is 1.36. The predicted octanol–water partition coefficient (Wildman–Crippen LogP) is 2.03. The van der Waals surface area contributed by atoms with Crippen LogP contribution in [0.3, 0.4) is 0 Å². The summed E-state index contributed by atoms with van der Waals surface area (Å²) in [7, 11) is 0. The first-order valence-corrected chi connectivity index (χ1v) is 4.43. The SMILES string of the molecule is CC(C)CNC1CC[C@H]1C. The highest BCUT2D eigenvalue weighted by Crippen LogP contribution is 2.26. The minimum atomic E-state index is 0.799. The molecule has 0 heterocycles. The molecule has 0 aromatic carbocycles. The highest BCUT2D eigenvalue weighted by molar-refractivity contribution is 4.83. The second-order valence-electron chi connectivity index (χ2n) is 3.96. The molecule has 10 heavy (non-hydrogen) atoms. The average Bonchev–Trinajstić information content (AvgIpc) is 1.84. The van der Waals surface area contributed by atoms with Gasteiger partial charge in [0.2, 0.25) is 0 Å². The Bertz CT molecular complexity index is 98.9. The molecule has 1 aliphatic carbocycles. The van der Waals surface area contributed by atoms with E-state index in [0.29, 0.717) is 0 Å². The molecule has 0 saturated heterocycles. The average molecular weight is 141 g/mol. The van der Waals surface area contributed by atoms with Crippen LogP contribution in [0.1, 0.15) is 33.6 Å². The van der Waals surface area contributed by atoms with E-state index in [4.69, 9.17) is 0 Å². The van der Waals surface area contributed by atoms with Crippen LogP contribution in [0.2, 0.25) is 0 Å². The lowest BCUT2D eigenvalue weighted by Crippen LogP contribution is -2.43. The third-order valence-corrected chi connectivity index (χ3v) is 2.41. The molecule has 0 aliphatic heterocycles. The predicted molar refractivity (Wildman–Crippen MR) is 45.0 cm³/mol. The van der Waals surface area contributed by atoms with Crippen molar-refractivity contribution in [1.29, 1.82) is 0 Å². The molecule has 0 aromatic rings. The van der Waals surface area contributed by atoms with Gasteiger partial charge in [0.15, 0.2) is 0 Å². The second-order valence-corrected chi connectivity index (χ2v) is 3.96. The number of nitrogens with one attached hydrogen (secondary N) is 1. The minimum absolute atomic E-state index is 0.799. The van der Waals surface area contributed by atoms with Gasteiger partial charge in [0, 0.05) is 6.04 Å². The summed E-state index contributed by atoms with van der Waals surface area (Å²) in [5, 5.41) is 3.57. The topological polar surface area (TPSA) is 12.0 Å². The minimum Gasteiger partial charge on any atom is -0.313 e. The Labute approximate surface area is 64.2 Å². The van der Waals surface area contributed by atoms with Crippen molar-refractivity contribution in [3.8, 4) is 0 Å². The Morgan fingerprint density at radius 1 is 1.40 bits per heavy atom. The van der Waals surface area contributed by atoms with Crippen LogP contribution in [0.25, 0.3) is 0 Å². The lowest BCUT2D eigenvalue weighted by molar-refractivity contribution is 0.223. The van der Waals surface area contributed by atoms with E-state index in [1.54, 1.807) is 0 Å². The Kier molecular flexibility index (Phi) is 2.72. The van der Waals surface area contributed by atoms with Gasteiger partial charge in [-0.25, -0.2) is 0 Å². The van der Waals surface area contributed by atoms with Crippen molar-refractivity contribution in [2.75, 3.05) is 6.54 Å². The summed E-state index contributed by atoms with van der Waals surface area (Å²) in [6, 6.07) is 0.836. The lowest BCUT2D eigenvalue weighted by Gasteiger charge is -2.35. The Balaban J connectivity index is 2.03. The number of hydrogen-bond acceptors (Lipinski definition) is 1. The van der Waals surface area contributed by atoms with Gasteiger partial charge >= 0.3 is 0 Å². The first-order chi connectivity index (χ1) is 4.70. The quantitative estimate of drug-likeness (QED) is 0.634. The summed E-state index contributed by atoms with van der Waals surface area (Å²) < 4.78 is 0. The van der Waals surface area contributed by atoms with Crippen LogP contribution < -0.4 is 5.32 Å². The molecular weight excluding hydrogens is 122 g/mol. The van der Waals surface area contributed by atoms with Crippen LogP contribution in [0.5, 0.6) is 0 Å². The Hall–Kier alpha value is -0.0400. The van der Waals surface area contributed by atoms with Crippen LogP contribution >= 0.6 is 0 Å². The van der Waals surface area contributed by atoms with Crippen LogP contribution in [-0.4, -0.2) is 12.6 Å². The van der Waals surface area contributed by atoms with Crippen LogP contribution in [-0.2, 0) is 0 Å². The Morgan fingerprint density at radius 2 is 2.10 bits per heavy atom. The van der Waals surface area contributed by atoms with Crippen molar-refractivity contribution in [3.63, 3.8) is 0 Å². The highest BCUT2D eigenvalue weighted by Gasteiger charge is 2.25. The molecule has 1 heteroatoms. The summed E-state index contributed by atoms with van der Waals surface area (Å²) >= 11 is 0. The van der Waals surface area contributed by atoms with Crippen LogP contribution in [0, 0.1) is 11.8 Å². The van der Waals surface area contributed by atoms with E-state index in [9.17, 15) is 0 Å². The van der Waals surface area contributed by atoms with Gasteiger partial charge in [-0.15, -0.1) is 0 Å². The fourth-order valence-electron chi connectivity index (χ4n) is 1.36. The van der Waals surface area contributed by atoms with Gasteiger partial charge in [0.05, 0.1) is 0 Å². The van der Waals surface area contributed by atoms with Crippen molar-refractivity contribution < 1.29 is 0 Å². The molecule has 0 bridgehead atoms. The maximum atomic E-state index is 3.57. The molecule has 1 fully saturated rings. The molecule has 60 valence electrons. The molecule has 1 rings (SSSR count). The zero-order valence-corrected chi connectivity index (χ0v) is 7.35. The molecule has 2 atom stereocenters. The first-order valence-electron chi connectivity index (χ1n) is 4.43. The van der Waals surface area contributed by atoms with Crippen molar-refractivity contribution in [2.45, 2.75) is 39.7 Å². The molecule has 1 saturated carbocycles. The van der Waals surface area contributed by atoms with Crippen molar-refractivity contribution >= 4 is 0 Å². The summed E-state index contributed by atoms with van der Waals surface area (Å²) in [6.07, 6.45) is 2.82. The van der Waals surface area contributed by atoms with E-state index in [1.165, 1.54) is 19.4 Å². The van der Waals surface area contributed by atoms with Gasteiger partial charge in [-0.1, -0.05) is 20.8 Å². The summed E-state index contributed by atoms with van der Waals surface area (Å²) in [5.74, 6) is 1.73. The van der Waals surface area contributed by atoms with Gasteiger partial charge in [-0.3, -0.25) is 0 Å². The smallest absolute Gasteiger partial charge is 0.00929 e. The molecule has 0 spiro atoms. The molecule has 0 radical (unpaired) electrons. The van der Waals surface area contributed by atoms with E-state index in [1.807, 2.05) is 0 Å². The first kappa shape index (κ1) is 8.06. The Morgan fingerprint density at radius 3 is 2.40 bits per heavy atom. The largest absolute Gasteiger partial charge is 0.313 e. The molecule has 0 amide bonds. The third kappa shape index (κ3) is 1.98. The van der Waals surface area contributed by atoms with Gasteiger partial charge in [-0.2, -0.15) is 0 Å². The summed E-state index contributed by atoms with van der Waals surface area (Å²) in [6.45, 7) is 8.04. The summed E-state index contributed by atoms with van der Waals surface area (Å²) in [4.78, 5) is 0. The van der Waals surface area contributed by atoms with Crippen molar-refractivity contribution in [1.82, 2.24) is 5.32 Å². The third-order valence-electron chi connectivity index (χ3n) is 2.41. The van der Waals surface area contributed by atoms with E-state index in [-0.39, 0.29) is 0 Å². The normalized spacial score (nSPS) is 32.4. The molecular formula is C9H19N. The fraction of sp³-hybridized carbons (Fsp3) is 1.00. The number of hydrogen-bond donors (Lipinski definition) is 1. The summed E-state index contributed by atoms with van der Waals surface area (Å²) in [5.41, 5.74) is 0. The van der Waals surface area contributed by atoms with Crippen LogP contribution in [0.15, 0.2) is 0 Å². The van der Waals surface area contributed by atoms with Gasteiger partial charge in [0.1, 0.15) is 0 Å². The molecule has 1 nitrogen and oxygen atoms in total. The van der Waals surface area contributed by atoms with Crippen molar-refractivity contribution in [2.24, 2.45) is 11.8 Å². The van der Waals surface area contributed by atoms with Gasteiger partial charge in [-0.05, 0) is 31.2 Å². The van der Waals surface area contributed by atoms with E-state index < -0.39 is 0 Å². The zero-order valence-electron chi connectivity index (χ0n) is 7.35. The standard InChI is InChI=1S/C9H19N/c1-7(2)6-10-9-5-4-8(9)3/h7-10H,4-6H2,1-3H3/t8-,9?/m1/s1. The molecule has 1 unspecified atom stereocenters. The molecule has 1 aliphatic rings. The zero-order chi connectivity index (χ0) is 7.56. The molecule has 0 aromatic heterocycles. The number of rotatable bonds is 3. The monoisotopic (exact) mass is 141 g/mol. The van der Waals surface area contributed by atoms with Crippen molar-refractivity contribution in [3.05, 3.63) is 0 Å². The van der Waals surface area contributed by atoms with Gasteiger partial charge < -0.3 is 5.32 Å². The maximum absolute atomic E-state index is 3.57. The lowest BCUT2D eigenvalue weighted by atomic mass is 9.81. The van der Waals surface area contributed by atoms with E-state index in [0.717, 1.165) is 17.9 Å². The highest BCUT2D eigenvalue weighted by atomic mass is 14.9. The second kappa shape index (κ2) is 3.38. The van der Waals surface area contributed by atoms with Gasteiger partial charge in [0.25, 0.3) is 0 Å². The molecule has 1 N–H and O–H groups in total. The van der Waals surface area contributed by atoms with E-state index >= 15 is 0 Å². The maximum Gasteiger partial charge on any atom is 0.00929 e. The van der Waals surface area contributed by atoms with Crippen LogP contribution in [0.4, 0.5) is 0 Å². The van der Waals surface area contributed by atoms with E-state index in [2.05, 4.69) is 26.1 Å².